The second kappa shape index (κ2) is 4.83. The molecule has 92 valence electrons. The van der Waals surface area contributed by atoms with Gasteiger partial charge in [-0.15, -0.1) is 0 Å². The summed E-state index contributed by atoms with van der Waals surface area (Å²) in [5.74, 6) is 1.38. The summed E-state index contributed by atoms with van der Waals surface area (Å²) in [6.07, 6.45) is 0. The summed E-state index contributed by atoms with van der Waals surface area (Å²) in [5.41, 5.74) is 4.02. The summed E-state index contributed by atoms with van der Waals surface area (Å²) in [5, 5.41) is 3.49. The molecule has 0 amide bonds. The molecule has 0 spiro atoms. The normalized spacial score (nSPS) is 18.2. The number of nitrogens with one attached hydrogen (secondary N) is 1. The maximum atomic E-state index is 5.54. The molecule has 0 radical (unpaired) electrons. The average Bonchev–Trinajstić information content (AvgIpc) is 2.47. The molecule has 1 N–H and O–H groups in total. The van der Waals surface area contributed by atoms with E-state index in [2.05, 4.69) is 53.8 Å². The van der Waals surface area contributed by atoms with Crippen LogP contribution >= 0.6 is 0 Å². The first-order valence-corrected chi connectivity index (χ1v) is 6.31. The molecule has 1 heterocycles. The highest BCUT2D eigenvalue weighted by molar-refractivity contribution is 5.48. The molecule has 0 aromatic heterocycles. The predicted molar refractivity (Wildman–Crippen MR) is 73.0 cm³/mol. The third-order valence-electron chi connectivity index (χ3n) is 3.59. The van der Waals surface area contributed by atoms with Gasteiger partial charge in [-0.1, -0.05) is 42.5 Å². The van der Waals surface area contributed by atoms with Crippen molar-refractivity contribution in [3.8, 4) is 5.75 Å². The van der Waals surface area contributed by atoms with E-state index < -0.39 is 0 Å². The molecule has 2 aromatic carbocycles. The fourth-order valence-corrected chi connectivity index (χ4v) is 2.74. The van der Waals surface area contributed by atoms with Crippen molar-refractivity contribution in [1.29, 1.82) is 0 Å². The van der Waals surface area contributed by atoms with E-state index in [-0.39, 0.29) is 0 Å². The number of methoxy groups -OCH3 is 1. The molecule has 3 rings (SSSR count). The Kier molecular flexibility index (Phi) is 3.03. The number of rotatable bonds is 2. The summed E-state index contributed by atoms with van der Waals surface area (Å²) in [4.78, 5) is 0. The van der Waals surface area contributed by atoms with Crippen LogP contribution in [0.2, 0.25) is 0 Å². The van der Waals surface area contributed by atoms with E-state index in [1.54, 1.807) is 7.11 Å². The monoisotopic (exact) mass is 239 g/mol. The zero-order chi connectivity index (χ0) is 12.4. The average molecular weight is 239 g/mol. The lowest BCUT2D eigenvalue weighted by Crippen LogP contribution is -2.29. The molecule has 2 aromatic rings. The van der Waals surface area contributed by atoms with Crippen LogP contribution in [0, 0.1) is 0 Å². The molecule has 18 heavy (non-hydrogen) atoms. The lowest BCUT2D eigenvalue weighted by molar-refractivity contribution is 0.402. The van der Waals surface area contributed by atoms with Gasteiger partial charge in [0.15, 0.2) is 0 Å². The fraction of sp³-hybridized carbons (Fsp3) is 0.250. The Bertz CT molecular complexity index is 522. The third kappa shape index (κ3) is 1.89. The van der Waals surface area contributed by atoms with E-state index in [4.69, 9.17) is 4.74 Å². The quantitative estimate of drug-likeness (QED) is 0.870. The van der Waals surface area contributed by atoms with Gasteiger partial charge in [0.05, 0.1) is 7.11 Å². The molecule has 1 aliphatic heterocycles. The highest BCUT2D eigenvalue weighted by Gasteiger charge is 2.24. The van der Waals surface area contributed by atoms with E-state index in [0.29, 0.717) is 5.92 Å². The van der Waals surface area contributed by atoms with E-state index in [1.165, 1.54) is 16.7 Å². The number of hydrogen-bond acceptors (Lipinski definition) is 2. The minimum absolute atomic E-state index is 0.381. The van der Waals surface area contributed by atoms with Crippen LogP contribution in [0.3, 0.4) is 0 Å². The summed E-state index contributed by atoms with van der Waals surface area (Å²) in [6.45, 7) is 1.90. The van der Waals surface area contributed by atoms with Crippen molar-refractivity contribution in [2.45, 2.75) is 12.5 Å². The SMILES string of the molecule is COc1cccc2c1C(c1ccccc1)CNC2. The standard InChI is InChI=1S/C16H17NO/c1-18-15-9-5-8-13-10-17-11-14(16(13)15)12-6-3-2-4-7-12/h2-9,14,17H,10-11H2,1H3. The van der Waals surface area contributed by atoms with Gasteiger partial charge in [-0.05, 0) is 17.2 Å². The number of benzene rings is 2. The fourth-order valence-electron chi connectivity index (χ4n) is 2.74. The summed E-state index contributed by atoms with van der Waals surface area (Å²) < 4.78 is 5.54. The lowest BCUT2D eigenvalue weighted by atomic mass is 9.85. The van der Waals surface area contributed by atoms with Crippen LogP contribution in [0.4, 0.5) is 0 Å². The highest BCUT2D eigenvalue weighted by Crippen LogP contribution is 2.36. The van der Waals surface area contributed by atoms with Gasteiger partial charge >= 0.3 is 0 Å². The predicted octanol–water partition coefficient (Wildman–Crippen LogP) is 2.93. The molecule has 0 saturated heterocycles. The number of fused-ring (bicyclic) bond motifs is 1. The molecule has 1 aliphatic rings. The van der Waals surface area contributed by atoms with Crippen LogP contribution in [0.5, 0.6) is 5.75 Å². The topological polar surface area (TPSA) is 21.3 Å². The minimum atomic E-state index is 0.381. The van der Waals surface area contributed by atoms with Gasteiger partial charge in [0.25, 0.3) is 0 Å². The first-order valence-electron chi connectivity index (χ1n) is 6.31. The summed E-state index contributed by atoms with van der Waals surface area (Å²) in [7, 11) is 1.75. The first kappa shape index (κ1) is 11.3. The maximum absolute atomic E-state index is 5.54. The van der Waals surface area contributed by atoms with Gasteiger partial charge in [0.2, 0.25) is 0 Å². The second-order valence-electron chi connectivity index (χ2n) is 4.63. The van der Waals surface area contributed by atoms with Gasteiger partial charge in [0.1, 0.15) is 5.75 Å². The van der Waals surface area contributed by atoms with Gasteiger partial charge < -0.3 is 10.1 Å². The number of ether oxygens (including phenoxy) is 1. The molecule has 1 unspecified atom stereocenters. The Morgan fingerprint density at radius 1 is 1.06 bits per heavy atom. The van der Waals surface area contributed by atoms with Crippen molar-refractivity contribution >= 4 is 0 Å². The molecular weight excluding hydrogens is 222 g/mol. The molecule has 0 bridgehead atoms. The van der Waals surface area contributed by atoms with Crippen LogP contribution in [0.1, 0.15) is 22.6 Å². The zero-order valence-corrected chi connectivity index (χ0v) is 10.5. The minimum Gasteiger partial charge on any atom is -0.496 e. The molecule has 2 heteroatoms. The van der Waals surface area contributed by atoms with Crippen molar-refractivity contribution < 1.29 is 4.74 Å². The van der Waals surface area contributed by atoms with E-state index >= 15 is 0 Å². The second-order valence-corrected chi connectivity index (χ2v) is 4.63. The van der Waals surface area contributed by atoms with Crippen LogP contribution in [-0.2, 0) is 6.54 Å². The summed E-state index contributed by atoms with van der Waals surface area (Å²) in [6, 6.07) is 16.9. The van der Waals surface area contributed by atoms with E-state index in [0.717, 1.165) is 18.8 Å². The molecule has 2 nitrogen and oxygen atoms in total. The van der Waals surface area contributed by atoms with Gasteiger partial charge in [-0.25, -0.2) is 0 Å². The van der Waals surface area contributed by atoms with Crippen LogP contribution in [0.15, 0.2) is 48.5 Å². The molecule has 0 fully saturated rings. The maximum Gasteiger partial charge on any atom is 0.123 e. The van der Waals surface area contributed by atoms with E-state index in [1.807, 2.05) is 0 Å². The van der Waals surface area contributed by atoms with Crippen molar-refractivity contribution in [2.75, 3.05) is 13.7 Å². The van der Waals surface area contributed by atoms with Gasteiger partial charge in [-0.3, -0.25) is 0 Å². The smallest absolute Gasteiger partial charge is 0.123 e. The Balaban J connectivity index is 2.11. The van der Waals surface area contributed by atoms with Crippen LogP contribution < -0.4 is 10.1 Å². The van der Waals surface area contributed by atoms with Crippen LogP contribution in [0.25, 0.3) is 0 Å². The summed E-state index contributed by atoms with van der Waals surface area (Å²) >= 11 is 0. The molecule has 0 saturated carbocycles. The number of hydrogen-bond donors (Lipinski definition) is 1. The highest BCUT2D eigenvalue weighted by atomic mass is 16.5. The molecule has 1 atom stereocenters. The Morgan fingerprint density at radius 3 is 2.67 bits per heavy atom. The van der Waals surface area contributed by atoms with Crippen molar-refractivity contribution in [1.82, 2.24) is 5.32 Å². The lowest BCUT2D eigenvalue weighted by Gasteiger charge is -2.28. The molecular formula is C16H17NO. The first-order chi connectivity index (χ1) is 8.90. The Hall–Kier alpha value is -1.80. The third-order valence-corrected chi connectivity index (χ3v) is 3.59. The van der Waals surface area contributed by atoms with Crippen molar-refractivity contribution in [3.05, 3.63) is 65.2 Å². The zero-order valence-electron chi connectivity index (χ0n) is 10.5. The molecule has 0 aliphatic carbocycles. The van der Waals surface area contributed by atoms with Crippen LogP contribution in [-0.4, -0.2) is 13.7 Å². The van der Waals surface area contributed by atoms with Gasteiger partial charge in [0, 0.05) is 24.6 Å². The Labute approximate surface area is 108 Å². The Morgan fingerprint density at radius 2 is 1.89 bits per heavy atom. The van der Waals surface area contributed by atoms with Crippen molar-refractivity contribution in [3.63, 3.8) is 0 Å². The van der Waals surface area contributed by atoms with Gasteiger partial charge in [-0.2, -0.15) is 0 Å². The van der Waals surface area contributed by atoms with E-state index in [9.17, 15) is 0 Å². The largest absolute Gasteiger partial charge is 0.496 e. The van der Waals surface area contributed by atoms with Crippen molar-refractivity contribution in [2.24, 2.45) is 0 Å².